The van der Waals surface area contributed by atoms with Crippen molar-refractivity contribution >= 4 is 28.4 Å². The van der Waals surface area contributed by atoms with Crippen molar-refractivity contribution in [2.45, 2.75) is 0 Å². The molecule has 0 N–H and O–H groups in total. The van der Waals surface area contributed by atoms with Crippen molar-refractivity contribution in [3.8, 4) is 22.3 Å². The molecular weight excluding hydrogens is 478 g/mol. The largest absolute Gasteiger partial charge is 0.361 e. The Hall–Kier alpha value is -5.03. The first-order valence-corrected chi connectivity index (χ1v) is 13.2. The van der Waals surface area contributed by atoms with Crippen LogP contribution in [0.15, 0.2) is 134 Å². The van der Waals surface area contributed by atoms with Gasteiger partial charge in [0.05, 0.1) is 47.5 Å². The second kappa shape index (κ2) is 9.69. The van der Waals surface area contributed by atoms with Crippen molar-refractivity contribution in [1.82, 2.24) is 9.88 Å². The number of hydrogen-bond donors (Lipinski definition) is 0. The van der Waals surface area contributed by atoms with Crippen molar-refractivity contribution in [2.75, 3.05) is 35.1 Å². The number of para-hydroxylation sites is 3. The van der Waals surface area contributed by atoms with E-state index in [1.165, 1.54) is 39.3 Å². The minimum absolute atomic E-state index is 0.684. The first-order chi connectivity index (χ1) is 19.3. The van der Waals surface area contributed by atoms with Crippen molar-refractivity contribution in [3.63, 3.8) is 0 Å². The van der Waals surface area contributed by atoms with Crippen LogP contribution in [0.3, 0.4) is 0 Å². The molecule has 5 heteroatoms. The predicted octanol–water partition coefficient (Wildman–Crippen LogP) is 7.84. The molecule has 0 saturated heterocycles. The maximum absolute atomic E-state index is 4.65. The Morgan fingerprint density at radius 2 is 1.15 bits per heavy atom. The quantitative estimate of drug-likeness (QED) is 0.241. The Kier molecular flexibility index (Phi) is 5.74. The first kappa shape index (κ1) is 23.1. The molecule has 0 atom stereocenters. The molecule has 0 fully saturated rings. The Bertz CT molecular complexity index is 1590. The predicted molar refractivity (Wildman–Crippen MR) is 161 cm³/mol. The van der Waals surface area contributed by atoms with Gasteiger partial charge < -0.3 is 19.6 Å². The Labute approximate surface area is 229 Å². The van der Waals surface area contributed by atoms with Crippen LogP contribution >= 0.6 is 0 Å². The summed E-state index contributed by atoms with van der Waals surface area (Å²) in [7, 11) is 2.08. The Morgan fingerprint density at radius 1 is 0.564 bits per heavy atom. The van der Waals surface area contributed by atoms with Crippen molar-refractivity contribution in [2.24, 2.45) is 0 Å². The lowest BCUT2D eigenvalue weighted by Gasteiger charge is -2.27. The van der Waals surface area contributed by atoms with Crippen molar-refractivity contribution in [1.29, 1.82) is 0 Å². The third-order valence-electron chi connectivity index (χ3n) is 7.45. The van der Waals surface area contributed by atoms with Crippen LogP contribution in [0.25, 0.3) is 22.3 Å². The molecule has 2 aliphatic rings. The molecule has 0 spiro atoms. The molecule has 5 aromatic rings. The average molecular weight is 508 g/mol. The molecule has 39 heavy (non-hydrogen) atoms. The highest BCUT2D eigenvalue weighted by atomic mass is 15.4. The van der Waals surface area contributed by atoms with Crippen LogP contribution in [0.5, 0.6) is 0 Å². The molecule has 190 valence electrons. The van der Waals surface area contributed by atoms with Gasteiger partial charge >= 0.3 is 0 Å². The Balaban J connectivity index is 1.37. The van der Waals surface area contributed by atoms with Gasteiger partial charge in [-0.3, -0.25) is 4.98 Å². The number of hydrogen-bond acceptors (Lipinski definition) is 5. The van der Waals surface area contributed by atoms with Crippen LogP contribution in [0, 0.1) is 0 Å². The molecule has 0 bridgehead atoms. The SMILES string of the molecule is CN1C=CN(c2cncc(N3CN(c4c(-c5ccccc5)cccc4-c4ccccc4)c4ccccc43)c2)C1. The summed E-state index contributed by atoms with van der Waals surface area (Å²) in [6.45, 7) is 1.50. The lowest BCUT2D eigenvalue weighted by Crippen LogP contribution is -2.26. The van der Waals surface area contributed by atoms with Gasteiger partial charge in [-0.2, -0.15) is 0 Å². The molecule has 0 amide bonds. The summed E-state index contributed by atoms with van der Waals surface area (Å²) in [6.07, 6.45) is 8.10. The molecule has 5 nitrogen and oxygen atoms in total. The van der Waals surface area contributed by atoms with Gasteiger partial charge in [-0.05, 0) is 29.3 Å². The highest BCUT2D eigenvalue weighted by Gasteiger charge is 2.31. The smallest absolute Gasteiger partial charge is 0.100 e. The maximum Gasteiger partial charge on any atom is 0.100 e. The van der Waals surface area contributed by atoms with Crippen LogP contribution in [0.1, 0.15) is 0 Å². The van der Waals surface area contributed by atoms with Gasteiger partial charge in [0, 0.05) is 30.6 Å². The average Bonchev–Trinajstić information content (AvgIpc) is 3.62. The first-order valence-electron chi connectivity index (χ1n) is 13.2. The van der Waals surface area contributed by atoms with E-state index < -0.39 is 0 Å². The third kappa shape index (κ3) is 4.18. The minimum Gasteiger partial charge on any atom is -0.361 e. The van der Waals surface area contributed by atoms with Gasteiger partial charge in [0.1, 0.15) is 6.67 Å². The monoisotopic (exact) mass is 507 g/mol. The van der Waals surface area contributed by atoms with E-state index in [9.17, 15) is 0 Å². The van der Waals surface area contributed by atoms with E-state index in [0.29, 0.717) is 6.67 Å². The minimum atomic E-state index is 0.684. The standard InChI is InChI=1S/C34H29N5/c1-36-19-20-37(24-36)28-21-29(23-35-22-28)38-25-39(33-18-9-8-17-32(33)38)34-30(26-11-4-2-5-12-26)15-10-16-31(34)27-13-6-3-7-14-27/h2-23H,24-25H2,1H3. The number of rotatable bonds is 5. The molecule has 7 rings (SSSR count). The van der Waals surface area contributed by atoms with Crippen LogP contribution in [-0.2, 0) is 0 Å². The fourth-order valence-corrected chi connectivity index (χ4v) is 5.58. The van der Waals surface area contributed by atoms with E-state index in [1.807, 2.05) is 12.4 Å². The van der Waals surface area contributed by atoms with E-state index in [4.69, 9.17) is 0 Å². The van der Waals surface area contributed by atoms with Gasteiger partial charge in [0.15, 0.2) is 0 Å². The fraction of sp³-hybridized carbons (Fsp3) is 0.0882. The Morgan fingerprint density at radius 3 is 1.77 bits per heavy atom. The third-order valence-corrected chi connectivity index (χ3v) is 7.45. The topological polar surface area (TPSA) is 25.9 Å². The molecular formula is C34H29N5. The second-order valence-electron chi connectivity index (χ2n) is 9.99. The molecule has 0 saturated carbocycles. The molecule has 1 aromatic heterocycles. The molecule has 4 aromatic carbocycles. The highest BCUT2D eigenvalue weighted by Crippen LogP contribution is 2.50. The lowest BCUT2D eigenvalue weighted by molar-refractivity contribution is 0.495. The summed E-state index contributed by atoms with van der Waals surface area (Å²) in [6, 6.07) is 38.9. The zero-order chi connectivity index (χ0) is 26.2. The molecule has 0 radical (unpaired) electrons. The summed E-state index contributed by atoms with van der Waals surface area (Å²) in [4.78, 5) is 13.8. The number of aromatic nitrogens is 1. The van der Waals surface area contributed by atoms with Gasteiger partial charge in [0.25, 0.3) is 0 Å². The van der Waals surface area contributed by atoms with Crippen molar-refractivity contribution in [3.05, 3.63) is 134 Å². The zero-order valence-electron chi connectivity index (χ0n) is 21.9. The van der Waals surface area contributed by atoms with Crippen LogP contribution in [-0.4, -0.2) is 30.3 Å². The number of benzene rings is 4. The number of pyridine rings is 1. The highest BCUT2D eigenvalue weighted by molar-refractivity contribution is 5.98. The van der Waals surface area contributed by atoms with Gasteiger partial charge in [-0.15, -0.1) is 0 Å². The van der Waals surface area contributed by atoms with Crippen LogP contribution in [0.2, 0.25) is 0 Å². The molecule has 2 aliphatic heterocycles. The fourth-order valence-electron chi connectivity index (χ4n) is 5.58. The summed E-state index contributed by atoms with van der Waals surface area (Å²) >= 11 is 0. The summed E-state index contributed by atoms with van der Waals surface area (Å²) in [5, 5.41) is 0. The zero-order valence-corrected chi connectivity index (χ0v) is 21.9. The number of fused-ring (bicyclic) bond motifs is 1. The van der Waals surface area contributed by atoms with E-state index in [2.05, 4.69) is 153 Å². The molecule has 3 heterocycles. The summed E-state index contributed by atoms with van der Waals surface area (Å²) in [5.41, 5.74) is 10.6. The van der Waals surface area contributed by atoms with Crippen molar-refractivity contribution < 1.29 is 0 Å². The molecule has 0 aliphatic carbocycles. The molecule has 0 unspecified atom stereocenters. The van der Waals surface area contributed by atoms with E-state index in [0.717, 1.165) is 18.0 Å². The normalized spacial score (nSPS) is 14.3. The van der Waals surface area contributed by atoms with E-state index in [-0.39, 0.29) is 0 Å². The van der Waals surface area contributed by atoms with Crippen LogP contribution < -0.4 is 14.7 Å². The van der Waals surface area contributed by atoms with E-state index >= 15 is 0 Å². The lowest BCUT2D eigenvalue weighted by atomic mass is 9.95. The van der Waals surface area contributed by atoms with Gasteiger partial charge in [-0.25, -0.2) is 0 Å². The van der Waals surface area contributed by atoms with E-state index in [1.54, 1.807) is 0 Å². The second-order valence-corrected chi connectivity index (χ2v) is 9.99. The summed E-state index contributed by atoms with van der Waals surface area (Å²) in [5.74, 6) is 0. The number of anilines is 5. The van der Waals surface area contributed by atoms with Crippen LogP contribution in [0.4, 0.5) is 28.4 Å². The number of nitrogens with zero attached hydrogens (tertiary/aromatic N) is 5. The van der Waals surface area contributed by atoms with Gasteiger partial charge in [-0.1, -0.05) is 91.0 Å². The summed E-state index contributed by atoms with van der Waals surface area (Å²) < 4.78 is 0. The van der Waals surface area contributed by atoms with Gasteiger partial charge in [0.2, 0.25) is 0 Å². The maximum atomic E-state index is 4.65.